The van der Waals surface area contributed by atoms with E-state index in [1.54, 1.807) is 0 Å². The van der Waals surface area contributed by atoms with E-state index in [9.17, 15) is 35.5 Å². The summed E-state index contributed by atoms with van der Waals surface area (Å²) in [7, 11) is 0. The van der Waals surface area contributed by atoms with E-state index in [1.807, 2.05) is 0 Å². The van der Waals surface area contributed by atoms with Crippen LogP contribution in [0.3, 0.4) is 0 Å². The normalized spacial score (nSPS) is 12.9. The second-order valence-electron chi connectivity index (χ2n) is 6.02. The van der Waals surface area contributed by atoms with Crippen molar-refractivity contribution in [2.24, 2.45) is 5.73 Å². The number of hydrogen-bond acceptors (Lipinski definition) is 4. The Bertz CT molecular complexity index is 1120. The number of rotatable bonds is 4. The first-order valence-electron chi connectivity index (χ1n) is 7.79. The molecule has 0 saturated carbocycles. The lowest BCUT2D eigenvalue weighted by atomic mass is 9.94. The number of primary amides is 1. The van der Waals surface area contributed by atoms with Crippen molar-refractivity contribution in [1.29, 1.82) is 0 Å². The Morgan fingerprint density at radius 1 is 1.03 bits per heavy atom. The summed E-state index contributed by atoms with van der Waals surface area (Å²) >= 11 is 12.7. The third kappa shape index (κ3) is 3.96. The van der Waals surface area contributed by atoms with Gasteiger partial charge < -0.3 is 5.73 Å². The number of benzene rings is 1. The zero-order valence-corrected chi connectivity index (χ0v) is 16.9. The molecule has 0 aliphatic heterocycles. The fourth-order valence-corrected chi connectivity index (χ4v) is 3.99. The monoisotopic (exact) mass is 506 g/mol. The van der Waals surface area contributed by atoms with Crippen molar-refractivity contribution in [1.82, 2.24) is 14.8 Å². The van der Waals surface area contributed by atoms with E-state index in [-0.39, 0.29) is 23.5 Å². The molecule has 0 spiro atoms. The lowest BCUT2D eigenvalue weighted by Crippen LogP contribution is -2.50. The molecule has 2 heterocycles. The molecule has 0 atom stereocenters. The highest BCUT2D eigenvalue weighted by atomic mass is 35.5. The summed E-state index contributed by atoms with van der Waals surface area (Å²) in [6.45, 7) is 0. The average Bonchev–Trinajstić information content (AvgIpc) is 3.27. The van der Waals surface area contributed by atoms with Crippen LogP contribution in [0.4, 0.5) is 30.7 Å². The van der Waals surface area contributed by atoms with Gasteiger partial charge in [-0.15, -0.1) is 11.3 Å². The van der Waals surface area contributed by atoms with Gasteiger partial charge in [-0.1, -0.05) is 23.2 Å². The van der Waals surface area contributed by atoms with Crippen molar-refractivity contribution in [2.75, 3.05) is 0 Å². The van der Waals surface area contributed by atoms with Crippen molar-refractivity contribution in [3.8, 4) is 16.3 Å². The molecule has 1 amide bonds. The van der Waals surface area contributed by atoms with E-state index < -0.39 is 39.5 Å². The van der Waals surface area contributed by atoms with Gasteiger partial charge in [-0.25, -0.2) is 14.1 Å². The fourth-order valence-electron chi connectivity index (χ4n) is 2.55. The van der Waals surface area contributed by atoms with Gasteiger partial charge in [0.1, 0.15) is 16.4 Å². The number of thiazole rings is 1. The van der Waals surface area contributed by atoms with E-state index >= 15 is 0 Å². The van der Waals surface area contributed by atoms with E-state index in [0.717, 1.165) is 16.0 Å². The van der Waals surface area contributed by atoms with E-state index in [2.05, 4.69) is 10.1 Å². The van der Waals surface area contributed by atoms with Crippen LogP contribution in [0.2, 0.25) is 10.0 Å². The quantitative estimate of drug-likeness (QED) is 0.462. The summed E-state index contributed by atoms with van der Waals surface area (Å²) < 4.78 is 93.2. The Hall–Kier alpha value is -2.38. The number of nitrogens with two attached hydrogens (primary N) is 1. The number of hydrogen-bond donors (Lipinski definition) is 1. The summed E-state index contributed by atoms with van der Waals surface area (Å²) in [5, 5.41) is 4.12. The summed E-state index contributed by atoms with van der Waals surface area (Å²) in [6, 6.07) is 0.360. The smallest absolute Gasteiger partial charge is 0.364 e. The van der Waals surface area contributed by atoms with E-state index in [0.29, 0.717) is 10.6 Å². The minimum Gasteiger partial charge on any atom is -0.364 e. The van der Waals surface area contributed by atoms with Crippen LogP contribution in [0.15, 0.2) is 29.9 Å². The molecular weight excluding hydrogens is 500 g/mol. The topological polar surface area (TPSA) is 73.8 Å². The number of halogens is 9. The van der Waals surface area contributed by atoms with Gasteiger partial charge >= 0.3 is 18.0 Å². The molecule has 31 heavy (non-hydrogen) atoms. The molecule has 0 fully saturated rings. The number of alkyl halides is 7. The second-order valence-corrected chi connectivity index (χ2v) is 7.69. The average molecular weight is 507 g/mol. The van der Waals surface area contributed by atoms with Gasteiger partial charge in [0.15, 0.2) is 0 Å². The summed E-state index contributed by atoms with van der Waals surface area (Å²) in [5.74, 6) is -0.777. The van der Waals surface area contributed by atoms with E-state index in [1.165, 1.54) is 17.8 Å². The van der Waals surface area contributed by atoms with Gasteiger partial charge in [-0.05, 0) is 12.1 Å². The standard InChI is InChI=1S/C16H7Cl2F7N4OS/c17-8-1-7(14(19,15(20,21)22)16(23,24)25)2-9(18)11(8)29-4-6(3-27-29)13-28-10(5-31-13)12(26)30/h1-5H,(H2,26,30). The van der Waals surface area contributed by atoms with Crippen molar-refractivity contribution in [3.05, 3.63) is 51.2 Å². The SMILES string of the molecule is NC(=O)c1csc(-c2cnn(-c3c(Cl)cc(C(F)(C(F)(F)F)C(F)(F)F)cc3Cl)c2)n1. The Kier molecular flexibility index (Phi) is 5.74. The molecule has 0 aliphatic rings. The highest BCUT2D eigenvalue weighted by molar-refractivity contribution is 7.13. The molecular formula is C16H7Cl2F7N4OS. The van der Waals surface area contributed by atoms with Crippen LogP contribution < -0.4 is 5.73 Å². The van der Waals surface area contributed by atoms with Crippen molar-refractivity contribution >= 4 is 40.4 Å². The summed E-state index contributed by atoms with van der Waals surface area (Å²) in [6.07, 6.45) is -10.1. The molecule has 1 aromatic carbocycles. The van der Waals surface area contributed by atoms with Crippen LogP contribution >= 0.6 is 34.5 Å². The molecule has 0 saturated heterocycles. The maximum absolute atomic E-state index is 14.3. The molecule has 0 aliphatic carbocycles. The third-order valence-electron chi connectivity index (χ3n) is 4.01. The molecule has 2 N–H and O–H groups in total. The first-order valence-corrected chi connectivity index (χ1v) is 9.43. The maximum atomic E-state index is 14.3. The van der Waals surface area contributed by atoms with Gasteiger partial charge in [-0.2, -0.15) is 31.4 Å². The molecule has 3 aromatic rings. The van der Waals surface area contributed by atoms with Crippen LogP contribution in [0.25, 0.3) is 16.3 Å². The molecule has 166 valence electrons. The maximum Gasteiger partial charge on any atom is 0.435 e. The minimum absolute atomic E-state index is 0.0215. The highest BCUT2D eigenvalue weighted by Gasteiger charge is 2.73. The largest absolute Gasteiger partial charge is 0.435 e. The first-order chi connectivity index (χ1) is 14.2. The number of carbonyl (C=O) groups is 1. The van der Waals surface area contributed by atoms with Gasteiger partial charge in [-0.3, -0.25) is 4.79 Å². The molecule has 5 nitrogen and oxygen atoms in total. The Labute approximate surface area is 182 Å². The van der Waals surface area contributed by atoms with Crippen molar-refractivity contribution in [2.45, 2.75) is 18.0 Å². The van der Waals surface area contributed by atoms with Crippen LogP contribution in [0.1, 0.15) is 16.1 Å². The van der Waals surface area contributed by atoms with Crippen molar-refractivity contribution in [3.63, 3.8) is 0 Å². The van der Waals surface area contributed by atoms with E-state index in [4.69, 9.17) is 28.9 Å². The molecule has 3 rings (SSSR count). The van der Waals surface area contributed by atoms with Gasteiger partial charge in [0.25, 0.3) is 5.91 Å². The molecule has 0 unspecified atom stereocenters. The van der Waals surface area contributed by atoms with Crippen LogP contribution in [-0.4, -0.2) is 33.0 Å². The van der Waals surface area contributed by atoms with Crippen LogP contribution in [0.5, 0.6) is 0 Å². The lowest BCUT2D eigenvalue weighted by molar-refractivity contribution is -0.348. The van der Waals surface area contributed by atoms with Crippen LogP contribution in [-0.2, 0) is 5.67 Å². The van der Waals surface area contributed by atoms with Gasteiger partial charge in [0, 0.05) is 22.7 Å². The number of amides is 1. The molecule has 0 bridgehead atoms. The zero-order chi connectivity index (χ0) is 23.4. The molecule has 0 radical (unpaired) electrons. The van der Waals surface area contributed by atoms with Crippen molar-refractivity contribution < 1.29 is 35.5 Å². The Morgan fingerprint density at radius 3 is 2.03 bits per heavy atom. The Balaban J connectivity index is 2.07. The predicted octanol–water partition coefficient (Wildman–Crippen LogP) is 5.69. The first kappa shape index (κ1) is 23.3. The zero-order valence-electron chi connectivity index (χ0n) is 14.5. The molecule has 15 heteroatoms. The van der Waals surface area contributed by atoms with Crippen LogP contribution in [0, 0.1) is 0 Å². The summed E-state index contributed by atoms with van der Waals surface area (Å²) in [4.78, 5) is 15.1. The summed E-state index contributed by atoms with van der Waals surface area (Å²) in [5.41, 5.74) is -2.40. The fraction of sp³-hybridized carbons (Fsp3) is 0.188. The Morgan fingerprint density at radius 2 is 1.58 bits per heavy atom. The van der Waals surface area contributed by atoms with Gasteiger partial charge in [0.05, 0.1) is 16.2 Å². The predicted molar refractivity (Wildman–Crippen MR) is 98.1 cm³/mol. The second kappa shape index (κ2) is 7.64. The number of aromatic nitrogens is 3. The third-order valence-corrected chi connectivity index (χ3v) is 5.48. The minimum atomic E-state index is -6.32. The number of carbonyl (C=O) groups excluding carboxylic acids is 1. The van der Waals surface area contributed by atoms with Gasteiger partial charge in [0.2, 0.25) is 0 Å². The highest BCUT2D eigenvalue weighted by Crippen LogP contribution is 2.54. The lowest BCUT2D eigenvalue weighted by Gasteiger charge is -2.30. The molecule has 2 aromatic heterocycles. The number of nitrogens with zero attached hydrogens (tertiary/aromatic N) is 3.